The first-order valence-corrected chi connectivity index (χ1v) is 6.91. The van der Waals surface area contributed by atoms with Crippen LogP contribution in [0.5, 0.6) is 0 Å². The van der Waals surface area contributed by atoms with E-state index in [4.69, 9.17) is 17.3 Å². The van der Waals surface area contributed by atoms with Crippen molar-refractivity contribution in [3.05, 3.63) is 62.8 Å². The number of rotatable bonds is 3. The van der Waals surface area contributed by atoms with Crippen LogP contribution in [0.2, 0.25) is 5.02 Å². The Morgan fingerprint density at radius 1 is 1.30 bits per heavy atom. The van der Waals surface area contributed by atoms with Gasteiger partial charge in [-0.05, 0) is 29.8 Å². The topological polar surface area (TPSA) is 55.1 Å². The first-order valence-electron chi connectivity index (χ1n) is 5.74. The van der Waals surface area contributed by atoms with Crippen LogP contribution in [0.15, 0.2) is 40.9 Å². The van der Waals surface area contributed by atoms with Crippen molar-refractivity contribution in [2.45, 2.75) is 6.54 Å². The molecule has 3 N–H and O–H groups in total. The molecule has 0 unspecified atom stereocenters. The molecule has 0 atom stereocenters. The first kappa shape index (κ1) is 14.8. The van der Waals surface area contributed by atoms with E-state index in [0.717, 1.165) is 16.1 Å². The van der Waals surface area contributed by atoms with Crippen LogP contribution in [-0.4, -0.2) is 5.91 Å². The summed E-state index contributed by atoms with van der Waals surface area (Å²) in [5, 5.41) is 2.80. The maximum atomic E-state index is 13.4. The monoisotopic (exact) mass is 356 g/mol. The number of amides is 1. The van der Waals surface area contributed by atoms with E-state index in [2.05, 4.69) is 21.2 Å². The van der Waals surface area contributed by atoms with Crippen molar-refractivity contribution in [2.75, 3.05) is 5.73 Å². The number of nitrogens with two attached hydrogens (primary N) is 1. The summed E-state index contributed by atoms with van der Waals surface area (Å²) in [5.74, 6) is -1.17. The maximum Gasteiger partial charge on any atom is 0.253 e. The average molecular weight is 358 g/mol. The molecule has 0 aromatic heterocycles. The van der Waals surface area contributed by atoms with Crippen molar-refractivity contribution in [3.63, 3.8) is 0 Å². The fraction of sp³-hybridized carbons (Fsp3) is 0.0714. The highest BCUT2D eigenvalue weighted by Gasteiger charge is 2.14. The molecular formula is C14H11BrClFN2O. The molecule has 0 aliphatic heterocycles. The summed E-state index contributed by atoms with van der Waals surface area (Å²) >= 11 is 9.05. The molecule has 1 amide bonds. The van der Waals surface area contributed by atoms with Gasteiger partial charge < -0.3 is 11.1 Å². The van der Waals surface area contributed by atoms with Crippen molar-refractivity contribution in [1.82, 2.24) is 5.32 Å². The SMILES string of the molecule is Nc1c(F)cc(Cl)cc1C(=O)NCc1ccc(Br)cc1. The minimum atomic E-state index is -0.703. The van der Waals surface area contributed by atoms with Gasteiger partial charge >= 0.3 is 0 Å². The maximum absolute atomic E-state index is 13.4. The predicted molar refractivity (Wildman–Crippen MR) is 81.1 cm³/mol. The van der Waals surface area contributed by atoms with Crippen LogP contribution in [0, 0.1) is 5.82 Å². The number of carbonyl (C=O) groups excluding carboxylic acids is 1. The molecule has 20 heavy (non-hydrogen) atoms. The summed E-state index contributed by atoms with van der Waals surface area (Å²) < 4.78 is 14.4. The minimum Gasteiger partial charge on any atom is -0.396 e. The van der Waals surface area contributed by atoms with Gasteiger partial charge in [0.25, 0.3) is 5.91 Å². The Morgan fingerprint density at radius 2 is 1.95 bits per heavy atom. The van der Waals surface area contributed by atoms with Crippen LogP contribution in [0.3, 0.4) is 0 Å². The lowest BCUT2D eigenvalue weighted by Crippen LogP contribution is -2.24. The summed E-state index contributed by atoms with van der Waals surface area (Å²) in [7, 11) is 0. The van der Waals surface area contributed by atoms with Crippen molar-refractivity contribution in [3.8, 4) is 0 Å². The molecule has 2 aromatic carbocycles. The molecule has 104 valence electrons. The normalized spacial score (nSPS) is 10.3. The van der Waals surface area contributed by atoms with E-state index in [-0.39, 0.29) is 16.3 Å². The Balaban J connectivity index is 2.11. The Morgan fingerprint density at radius 3 is 2.60 bits per heavy atom. The Labute approximate surface area is 129 Å². The number of hydrogen-bond donors (Lipinski definition) is 2. The fourth-order valence-corrected chi connectivity index (χ4v) is 2.12. The number of benzene rings is 2. The van der Waals surface area contributed by atoms with Crippen molar-refractivity contribution in [1.29, 1.82) is 0 Å². The number of carbonyl (C=O) groups is 1. The van der Waals surface area contributed by atoms with E-state index >= 15 is 0 Å². The first-order chi connectivity index (χ1) is 9.47. The molecule has 0 radical (unpaired) electrons. The van der Waals surface area contributed by atoms with E-state index in [1.165, 1.54) is 6.07 Å². The molecule has 0 bridgehead atoms. The third kappa shape index (κ3) is 3.49. The molecule has 0 aliphatic rings. The smallest absolute Gasteiger partial charge is 0.253 e. The minimum absolute atomic E-state index is 0.0344. The Hall–Kier alpha value is -1.59. The third-order valence-electron chi connectivity index (χ3n) is 2.71. The van der Waals surface area contributed by atoms with E-state index in [9.17, 15) is 9.18 Å². The van der Waals surface area contributed by atoms with E-state index < -0.39 is 11.7 Å². The largest absolute Gasteiger partial charge is 0.396 e. The number of halogens is 3. The third-order valence-corrected chi connectivity index (χ3v) is 3.45. The van der Waals surface area contributed by atoms with Crippen LogP contribution < -0.4 is 11.1 Å². The second kappa shape index (κ2) is 6.24. The predicted octanol–water partition coefficient (Wildman–Crippen LogP) is 3.75. The quantitative estimate of drug-likeness (QED) is 0.822. The van der Waals surface area contributed by atoms with Gasteiger partial charge in [0.05, 0.1) is 11.3 Å². The summed E-state index contributed by atoms with van der Waals surface area (Å²) in [6, 6.07) is 9.89. The lowest BCUT2D eigenvalue weighted by molar-refractivity contribution is 0.0951. The van der Waals surface area contributed by atoms with Gasteiger partial charge in [0, 0.05) is 16.0 Å². The zero-order chi connectivity index (χ0) is 14.7. The molecule has 0 fully saturated rings. The zero-order valence-corrected chi connectivity index (χ0v) is 12.6. The van der Waals surface area contributed by atoms with E-state index in [1.807, 2.05) is 24.3 Å². The number of hydrogen-bond acceptors (Lipinski definition) is 2. The summed E-state index contributed by atoms with van der Waals surface area (Å²) in [5.41, 5.74) is 6.29. The summed E-state index contributed by atoms with van der Waals surface area (Å²) in [6.45, 7) is 0.319. The van der Waals surface area contributed by atoms with Gasteiger partial charge in [-0.15, -0.1) is 0 Å². The molecule has 0 spiro atoms. The molecule has 6 heteroatoms. The standard InChI is InChI=1S/C14H11BrClFN2O/c15-9-3-1-8(2-4-9)7-19-14(20)11-5-10(16)6-12(17)13(11)18/h1-6H,7,18H2,(H,19,20). The van der Waals surface area contributed by atoms with E-state index in [0.29, 0.717) is 6.54 Å². The van der Waals surface area contributed by atoms with Gasteiger partial charge in [-0.2, -0.15) is 0 Å². The number of nitrogen functional groups attached to an aromatic ring is 1. The van der Waals surface area contributed by atoms with Crippen LogP contribution in [0.1, 0.15) is 15.9 Å². The second-order valence-corrected chi connectivity index (χ2v) is 5.51. The van der Waals surface area contributed by atoms with Crippen molar-refractivity contribution < 1.29 is 9.18 Å². The average Bonchev–Trinajstić information content (AvgIpc) is 2.42. The van der Waals surface area contributed by atoms with Crippen LogP contribution in [-0.2, 0) is 6.54 Å². The van der Waals surface area contributed by atoms with Gasteiger partial charge in [-0.3, -0.25) is 4.79 Å². The molecule has 2 rings (SSSR count). The highest BCUT2D eigenvalue weighted by molar-refractivity contribution is 9.10. The lowest BCUT2D eigenvalue weighted by Gasteiger charge is -2.09. The van der Waals surface area contributed by atoms with E-state index in [1.54, 1.807) is 0 Å². The molecule has 0 aliphatic carbocycles. The van der Waals surface area contributed by atoms with Gasteiger partial charge in [0.2, 0.25) is 0 Å². The van der Waals surface area contributed by atoms with Crippen LogP contribution in [0.4, 0.5) is 10.1 Å². The highest BCUT2D eigenvalue weighted by Crippen LogP contribution is 2.22. The lowest BCUT2D eigenvalue weighted by atomic mass is 10.1. The second-order valence-electron chi connectivity index (χ2n) is 4.16. The number of nitrogens with one attached hydrogen (secondary N) is 1. The van der Waals surface area contributed by atoms with Gasteiger partial charge in [-0.25, -0.2) is 4.39 Å². The van der Waals surface area contributed by atoms with Crippen molar-refractivity contribution >= 4 is 39.1 Å². The molecule has 2 aromatic rings. The molecular weight excluding hydrogens is 347 g/mol. The summed E-state index contributed by atoms with van der Waals surface area (Å²) in [6.07, 6.45) is 0. The molecule has 3 nitrogen and oxygen atoms in total. The Bertz CT molecular complexity index is 646. The van der Waals surface area contributed by atoms with Crippen LogP contribution in [0.25, 0.3) is 0 Å². The van der Waals surface area contributed by atoms with Crippen LogP contribution >= 0.6 is 27.5 Å². The van der Waals surface area contributed by atoms with Gasteiger partial charge in [0.15, 0.2) is 0 Å². The van der Waals surface area contributed by atoms with Gasteiger partial charge in [0.1, 0.15) is 5.82 Å². The number of anilines is 1. The highest BCUT2D eigenvalue weighted by atomic mass is 79.9. The molecule has 0 heterocycles. The van der Waals surface area contributed by atoms with Gasteiger partial charge in [-0.1, -0.05) is 39.7 Å². The Kier molecular flexibility index (Phi) is 4.62. The fourth-order valence-electron chi connectivity index (χ4n) is 1.65. The zero-order valence-electron chi connectivity index (χ0n) is 10.3. The summed E-state index contributed by atoms with van der Waals surface area (Å²) in [4.78, 5) is 12.0. The van der Waals surface area contributed by atoms with Crippen molar-refractivity contribution in [2.24, 2.45) is 0 Å². The molecule has 0 saturated heterocycles. The molecule has 0 saturated carbocycles.